The predicted octanol–water partition coefficient (Wildman–Crippen LogP) is 3.05. The SMILES string of the molecule is COC(=O)C[C@]12CCCC(=O)C1=C(O)c1c(O)cc3c(c1O2)-c1cccc2c(=O)on(c12)C3. The fourth-order valence-electron chi connectivity index (χ4n) is 5.41. The lowest BCUT2D eigenvalue weighted by Crippen LogP contribution is -2.48. The van der Waals surface area contributed by atoms with Crippen molar-refractivity contribution in [2.75, 3.05) is 7.11 Å². The molecule has 0 radical (unpaired) electrons. The molecule has 33 heavy (non-hydrogen) atoms. The van der Waals surface area contributed by atoms with Crippen molar-refractivity contribution >= 4 is 28.4 Å². The van der Waals surface area contributed by atoms with Crippen molar-refractivity contribution in [3.63, 3.8) is 0 Å². The topological polar surface area (TPSA) is 128 Å². The number of benzene rings is 2. The molecule has 3 aliphatic rings. The number of carbonyl (C=O) groups excluding carboxylic acids is 2. The molecule has 168 valence electrons. The van der Waals surface area contributed by atoms with Crippen LogP contribution in [0.1, 0.15) is 36.8 Å². The van der Waals surface area contributed by atoms with Gasteiger partial charge in [-0.05, 0) is 30.5 Å². The van der Waals surface area contributed by atoms with Crippen molar-refractivity contribution in [1.82, 2.24) is 4.74 Å². The first kappa shape index (κ1) is 19.7. The van der Waals surface area contributed by atoms with Crippen LogP contribution in [0.5, 0.6) is 11.5 Å². The van der Waals surface area contributed by atoms with Crippen LogP contribution in [0, 0.1) is 0 Å². The van der Waals surface area contributed by atoms with E-state index in [0.717, 1.165) is 0 Å². The van der Waals surface area contributed by atoms with Crippen molar-refractivity contribution in [2.45, 2.75) is 37.8 Å². The smallest absolute Gasteiger partial charge is 0.365 e. The Kier molecular flexibility index (Phi) is 3.87. The maximum Gasteiger partial charge on any atom is 0.365 e. The molecule has 1 fully saturated rings. The van der Waals surface area contributed by atoms with Crippen LogP contribution in [-0.2, 0) is 20.9 Å². The zero-order valence-corrected chi connectivity index (χ0v) is 17.6. The molecule has 1 saturated carbocycles. The minimum atomic E-state index is -1.41. The summed E-state index contributed by atoms with van der Waals surface area (Å²) in [4.78, 5) is 37.5. The third-order valence-corrected chi connectivity index (χ3v) is 6.77. The Morgan fingerprint density at radius 2 is 2.06 bits per heavy atom. The van der Waals surface area contributed by atoms with E-state index in [1.165, 1.54) is 17.9 Å². The van der Waals surface area contributed by atoms with E-state index in [1.807, 2.05) is 0 Å². The van der Waals surface area contributed by atoms with Gasteiger partial charge in [0.1, 0.15) is 22.8 Å². The standard InChI is InChI=1S/C24H19NO8/c1-31-16(28)9-24-7-3-6-14(26)19(24)21(29)18-15(27)8-11-10-25-20-12(17(11)22(18)32-24)4-2-5-13(20)23(30)33-25/h2,4-5,8,27,29H,3,6-7,9-10H2,1H3/t24-/m1/s1. The largest absolute Gasteiger partial charge is 0.507 e. The van der Waals surface area contributed by atoms with E-state index in [-0.39, 0.29) is 47.8 Å². The molecule has 9 heteroatoms. The Morgan fingerprint density at radius 1 is 1.24 bits per heavy atom. The van der Waals surface area contributed by atoms with Crippen molar-refractivity contribution in [3.05, 3.63) is 51.4 Å². The van der Waals surface area contributed by atoms with E-state index in [1.54, 1.807) is 18.2 Å². The number of ether oxygens (including phenoxy) is 2. The van der Waals surface area contributed by atoms with Gasteiger partial charge in [0.2, 0.25) is 0 Å². The molecule has 3 aromatic rings. The number of hydrogen-bond acceptors (Lipinski definition) is 8. The van der Waals surface area contributed by atoms with Gasteiger partial charge in [0.25, 0.3) is 0 Å². The number of aliphatic hydroxyl groups is 1. The molecule has 2 aliphatic heterocycles. The molecule has 6 rings (SSSR count). The molecule has 2 N–H and O–H groups in total. The third kappa shape index (κ3) is 2.50. The number of phenolic OH excluding ortho intramolecular Hbond substituents is 1. The lowest BCUT2D eigenvalue weighted by molar-refractivity contribution is -0.145. The quantitative estimate of drug-likeness (QED) is 0.447. The zero-order valence-electron chi connectivity index (χ0n) is 17.6. The molecule has 3 heterocycles. The zero-order chi connectivity index (χ0) is 23.1. The summed E-state index contributed by atoms with van der Waals surface area (Å²) >= 11 is 0. The van der Waals surface area contributed by atoms with Gasteiger partial charge in [0, 0.05) is 17.5 Å². The van der Waals surface area contributed by atoms with E-state index in [9.17, 15) is 24.6 Å². The number of methoxy groups -OCH3 is 1. The minimum absolute atomic E-state index is 0.00390. The van der Waals surface area contributed by atoms with Gasteiger partial charge in [-0.3, -0.25) is 9.59 Å². The van der Waals surface area contributed by atoms with Crippen molar-refractivity contribution < 1.29 is 33.8 Å². The molecule has 0 amide bonds. The monoisotopic (exact) mass is 449 g/mol. The average molecular weight is 449 g/mol. The van der Waals surface area contributed by atoms with Crippen LogP contribution >= 0.6 is 0 Å². The van der Waals surface area contributed by atoms with E-state index >= 15 is 0 Å². The van der Waals surface area contributed by atoms with Crippen LogP contribution < -0.4 is 10.4 Å². The summed E-state index contributed by atoms with van der Waals surface area (Å²) in [5.74, 6) is -1.43. The molecule has 0 bridgehead atoms. The average Bonchev–Trinajstić information content (AvgIpc) is 3.09. The van der Waals surface area contributed by atoms with E-state index in [4.69, 9.17) is 14.0 Å². The molecule has 0 unspecified atom stereocenters. The van der Waals surface area contributed by atoms with Crippen LogP contribution in [-0.4, -0.2) is 39.4 Å². The molecule has 1 aromatic heterocycles. The summed E-state index contributed by atoms with van der Waals surface area (Å²) in [6.07, 6.45) is 0.726. The Hall–Kier alpha value is -4.01. The maximum atomic E-state index is 12.9. The van der Waals surface area contributed by atoms with Gasteiger partial charge in [0.15, 0.2) is 11.4 Å². The highest BCUT2D eigenvalue weighted by Gasteiger charge is 2.51. The van der Waals surface area contributed by atoms with E-state index in [2.05, 4.69) is 0 Å². The molecular weight excluding hydrogens is 430 g/mol. The summed E-state index contributed by atoms with van der Waals surface area (Å²) in [7, 11) is 1.25. The fourth-order valence-corrected chi connectivity index (χ4v) is 5.41. The van der Waals surface area contributed by atoms with Crippen LogP contribution in [0.2, 0.25) is 0 Å². The first-order valence-corrected chi connectivity index (χ1v) is 10.6. The first-order chi connectivity index (χ1) is 15.8. The molecule has 9 nitrogen and oxygen atoms in total. The molecule has 0 saturated heterocycles. The van der Waals surface area contributed by atoms with E-state index in [0.29, 0.717) is 40.4 Å². The fraction of sp³-hybridized carbons (Fsp3) is 0.292. The van der Waals surface area contributed by atoms with Gasteiger partial charge >= 0.3 is 11.6 Å². The van der Waals surface area contributed by atoms with Crippen molar-refractivity contribution in [2.24, 2.45) is 0 Å². The summed E-state index contributed by atoms with van der Waals surface area (Å²) in [5, 5.41) is 22.5. The number of rotatable bonds is 2. The first-order valence-electron chi connectivity index (χ1n) is 10.6. The molecule has 1 aliphatic carbocycles. The predicted molar refractivity (Wildman–Crippen MR) is 115 cm³/mol. The highest BCUT2D eigenvalue weighted by atomic mass is 16.5. The number of carbonyl (C=O) groups is 2. The van der Waals surface area contributed by atoms with Crippen molar-refractivity contribution in [3.8, 4) is 22.6 Å². The van der Waals surface area contributed by atoms with Gasteiger partial charge in [-0.25, -0.2) is 9.53 Å². The highest BCUT2D eigenvalue weighted by molar-refractivity contribution is 6.08. The van der Waals surface area contributed by atoms with Gasteiger partial charge in [-0.15, -0.1) is 0 Å². The number of Topliss-reactive ketones (excluding diaryl/α,β-unsaturated/α-hetero) is 1. The van der Waals surface area contributed by atoms with Crippen LogP contribution in [0.3, 0.4) is 0 Å². The molecule has 1 atom stereocenters. The van der Waals surface area contributed by atoms with Gasteiger partial charge in [0.05, 0.1) is 36.6 Å². The lowest BCUT2D eigenvalue weighted by Gasteiger charge is -2.43. The Labute approximate surface area is 186 Å². The second-order valence-corrected chi connectivity index (χ2v) is 8.60. The highest BCUT2D eigenvalue weighted by Crippen LogP contribution is 2.55. The number of phenols is 1. The number of fused-ring (bicyclic) bond motifs is 5. The Balaban J connectivity index is 1.68. The Morgan fingerprint density at radius 3 is 2.85 bits per heavy atom. The van der Waals surface area contributed by atoms with Crippen molar-refractivity contribution in [1.29, 1.82) is 0 Å². The number of aliphatic hydroxyl groups excluding tert-OH is 1. The number of hydrogen-bond donors (Lipinski definition) is 2. The number of aromatic hydroxyl groups is 1. The molecule has 2 aromatic carbocycles. The van der Waals surface area contributed by atoms with E-state index < -0.39 is 23.0 Å². The molecular formula is C24H19NO8. The number of aromatic nitrogens is 1. The van der Waals surface area contributed by atoms with Crippen LogP contribution in [0.15, 0.2) is 39.2 Å². The van der Waals surface area contributed by atoms with Gasteiger partial charge in [-0.2, -0.15) is 0 Å². The number of esters is 1. The number of ketones is 1. The van der Waals surface area contributed by atoms with Crippen LogP contribution in [0.4, 0.5) is 0 Å². The second kappa shape index (κ2) is 6.50. The number of para-hydroxylation sites is 1. The number of nitrogens with zero attached hydrogens (tertiary/aromatic N) is 1. The second-order valence-electron chi connectivity index (χ2n) is 8.60. The van der Waals surface area contributed by atoms with Gasteiger partial charge < -0.3 is 24.2 Å². The Bertz CT molecular complexity index is 1490. The van der Waals surface area contributed by atoms with Gasteiger partial charge in [-0.1, -0.05) is 12.1 Å². The minimum Gasteiger partial charge on any atom is -0.507 e. The maximum absolute atomic E-state index is 12.9. The normalized spacial score (nSPS) is 20.7. The van der Waals surface area contributed by atoms with Crippen LogP contribution in [0.25, 0.3) is 27.8 Å². The summed E-state index contributed by atoms with van der Waals surface area (Å²) < 4.78 is 18.1. The third-order valence-electron chi connectivity index (χ3n) is 6.77. The molecule has 0 spiro atoms. The summed E-state index contributed by atoms with van der Waals surface area (Å²) in [5.41, 5.74) is 0.461. The summed E-state index contributed by atoms with van der Waals surface area (Å²) in [6, 6.07) is 6.64. The summed E-state index contributed by atoms with van der Waals surface area (Å²) in [6.45, 7) is 0.162. The lowest BCUT2D eigenvalue weighted by atomic mass is 9.73.